The fraction of sp³-hybridized carbons (Fsp3) is 0.778. The van der Waals surface area contributed by atoms with Crippen LogP contribution in [0.25, 0.3) is 0 Å². The Bertz CT molecular complexity index is 266. The second-order valence-electron chi connectivity index (χ2n) is 3.96. The van der Waals surface area contributed by atoms with Crippen LogP contribution in [-0.4, -0.2) is 52.6 Å². The molecule has 14 heavy (non-hydrogen) atoms. The minimum Gasteiger partial charge on any atom is -0.342 e. The van der Waals surface area contributed by atoms with Crippen molar-refractivity contribution in [3.63, 3.8) is 0 Å². The van der Waals surface area contributed by atoms with Gasteiger partial charge in [-0.3, -0.25) is 9.59 Å². The van der Waals surface area contributed by atoms with Gasteiger partial charge in [-0.05, 0) is 13.8 Å². The molecule has 0 aromatic heterocycles. The molecule has 0 radical (unpaired) electrons. The maximum absolute atomic E-state index is 11.8. The van der Waals surface area contributed by atoms with Gasteiger partial charge in [-0.1, -0.05) is 15.9 Å². The number of nitrogens with zero attached hydrogens (tertiary/aromatic N) is 2. The molecule has 1 rings (SSSR count). The summed E-state index contributed by atoms with van der Waals surface area (Å²) in [6, 6.07) is 0. The summed E-state index contributed by atoms with van der Waals surface area (Å²) >= 11 is 3.12. The molecule has 1 fully saturated rings. The smallest absolute Gasteiger partial charge is 0.247 e. The maximum Gasteiger partial charge on any atom is 0.247 e. The van der Waals surface area contributed by atoms with Gasteiger partial charge in [0.1, 0.15) is 5.54 Å². The fourth-order valence-corrected chi connectivity index (χ4v) is 2.02. The van der Waals surface area contributed by atoms with Crippen LogP contribution in [0.1, 0.15) is 13.8 Å². The van der Waals surface area contributed by atoms with E-state index in [0.717, 1.165) is 0 Å². The Morgan fingerprint density at radius 3 is 2.57 bits per heavy atom. The minimum absolute atomic E-state index is 0.00181. The summed E-state index contributed by atoms with van der Waals surface area (Å²) in [5, 5.41) is 0.271. The molecule has 0 aromatic rings. The lowest BCUT2D eigenvalue weighted by molar-refractivity contribution is -0.155. The van der Waals surface area contributed by atoms with Crippen molar-refractivity contribution in [3.8, 4) is 0 Å². The van der Waals surface area contributed by atoms with Crippen molar-refractivity contribution < 1.29 is 9.59 Å². The van der Waals surface area contributed by atoms with Crippen LogP contribution in [0, 0.1) is 0 Å². The number of piperazine rings is 1. The Morgan fingerprint density at radius 1 is 1.50 bits per heavy atom. The van der Waals surface area contributed by atoms with Crippen molar-refractivity contribution in [1.29, 1.82) is 0 Å². The molecule has 0 aliphatic carbocycles. The molecule has 2 amide bonds. The predicted molar refractivity (Wildman–Crippen MR) is 57.2 cm³/mol. The summed E-state index contributed by atoms with van der Waals surface area (Å²) in [6.07, 6.45) is 0. The van der Waals surface area contributed by atoms with Gasteiger partial charge in [-0.15, -0.1) is 0 Å². The number of alkyl halides is 1. The van der Waals surface area contributed by atoms with Crippen molar-refractivity contribution in [2.24, 2.45) is 0 Å². The third-order valence-corrected chi connectivity index (χ3v) is 3.10. The Hall–Kier alpha value is -0.580. The highest BCUT2D eigenvalue weighted by molar-refractivity contribution is 9.09. The Balaban J connectivity index is 2.89. The average molecular weight is 263 g/mol. The summed E-state index contributed by atoms with van der Waals surface area (Å²) in [5.41, 5.74) is -0.710. The molecule has 5 heteroatoms. The summed E-state index contributed by atoms with van der Waals surface area (Å²) in [5.74, 6) is -0.0329. The molecule has 1 heterocycles. The molecule has 0 unspecified atom stereocenters. The predicted octanol–water partition coefficient (Wildman–Crippen LogP) is 0.460. The Labute approximate surface area is 92.4 Å². The van der Waals surface area contributed by atoms with Gasteiger partial charge in [0.15, 0.2) is 0 Å². The zero-order valence-corrected chi connectivity index (χ0v) is 10.3. The first kappa shape index (κ1) is 11.5. The van der Waals surface area contributed by atoms with Crippen LogP contribution in [0.4, 0.5) is 0 Å². The first-order valence-electron chi connectivity index (χ1n) is 4.53. The molecule has 0 atom stereocenters. The molecule has 0 saturated carbocycles. The number of carbonyl (C=O) groups is 2. The lowest BCUT2D eigenvalue weighted by atomic mass is 9.98. The lowest BCUT2D eigenvalue weighted by Crippen LogP contribution is -2.63. The van der Waals surface area contributed by atoms with Gasteiger partial charge >= 0.3 is 0 Å². The van der Waals surface area contributed by atoms with E-state index in [-0.39, 0.29) is 17.1 Å². The van der Waals surface area contributed by atoms with Crippen LogP contribution >= 0.6 is 15.9 Å². The molecule has 0 spiro atoms. The minimum atomic E-state index is -0.710. The number of halogens is 1. The normalized spacial score (nSPS) is 21.3. The first-order chi connectivity index (χ1) is 6.41. The summed E-state index contributed by atoms with van der Waals surface area (Å²) in [6.45, 7) is 4.79. The number of hydrogen-bond acceptors (Lipinski definition) is 2. The van der Waals surface area contributed by atoms with Crippen LogP contribution in [0.5, 0.6) is 0 Å². The number of likely N-dealkylation sites (N-methyl/N-ethyl adjacent to an activating group) is 1. The molecule has 0 N–H and O–H groups in total. The Kier molecular flexibility index (Phi) is 3.19. The van der Waals surface area contributed by atoms with Gasteiger partial charge in [0.25, 0.3) is 0 Å². The third-order valence-electron chi connectivity index (χ3n) is 2.62. The number of amides is 2. The summed E-state index contributed by atoms with van der Waals surface area (Å²) < 4.78 is 0. The zero-order valence-electron chi connectivity index (χ0n) is 8.71. The monoisotopic (exact) mass is 262 g/mol. The van der Waals surface area contributed by atoms with E-state index in [9.17, 15) is 9.59 Å². The molecule has 1 saturated heterocycles. The molecule has 0 bridgehead atoms. The van der Waals surface area contributed by atoms with Gasteiger partial charge in [-0.25, -0.2) is 0 Å². The molecular weight excluding hydrogens is 248 g/mol. The van der Waals surface area contributed by atoms with Crippen molar-refractivity contribution in [2.45, 2.75) is 19.4 Å². The average Bonchev–Trinajstić information content (AvgIpc) is 2.13. The van der Waals surface area contributed by atoms with Crippen LogP contribution in [0.15, 0.2) is 0 Å². The molecule has 80 valence electrons. The number of hydrogen-bond donors (Lipinski definition) is 0. The van der Waals surface area contributed by atoms with Crippen LogP contribution in [0.2, 0.25) is 0 Å². The number of carbonyl (C=O) groups excluding carboxylic acids is 2. The second kappa shape index (κ2) is 3.88. The molecule has 4 nitrogen and oxygen atoms in total. The highest BCUT2D eigenvalue weighted by atomic mass is 79.9. The van der Waals surface area contributed by atoms with Crippen molar-refractivity contribution in [3.05, 3.63) is 0 Å². The van der Waals surface area contributed by atoms with Crippen molar-refractivity contribution in [1.82, 2.24) is 9.80 Å². The highest BCUT2D eigenvalue weighted by Gasteiger charge is 2.42. The maximum atomic E-state index is 11.8. The SMILES string of the molecule is CN1CCN(C(=O)CBr)C(C)(C)C1=O. The van der Waals surface area contributed by atoms with Crippen LogP contribution in [-0.2, 0) is 9.59 Å². The van der Waals surface area contributed by atoms with E-state index in [1.165, 1.54) is 0 Å². The van der Waals surface area contributed by atoms with Gasteiger partial charge in [0.2, 0.25) is 11.8 Å². The summed E-state index contributed by atoms with van der Waals surface area (Å²) in [4.78, 5) is 26.6. The topological polar surface area (TPSA) is 40.6 Å². The highest BCUT2D eigenvalue weighted by Crippen LogP contribution is 2.21. The van der Waals surface area contributed by atoms with Crippen LogP contribution in [0.3, 0.4) is 0 Å². The lowest BCUT2D eigenvalue weighted by Gasteiger charge is -2.44. The van der Waals surface area contributed by atoms with Gasteiger partial charge in [0.05, 0.1) is 5.33 Å². The van der Waals surface area contributed by atoms with Crippen LogP contribution < -0.4 is 0 Å². The second-order valence-corrected chi connectivity index (χ2v) is 4.53. The molecule has 1 aliphatic heterocycles. The standard InChI is InChI=1S/C9H15BrN2O2/c1-9(2)8(14)11(3)4-5-12(9)7(13)6-10/h4-6H2,1-3H3. The van der Waals surface area contributed by atoms with Gasteiger partial charge in [-0.2, -0.15) is 0 Å². The van der Waals surface area contributed by atoms with E-state index in [1.807, 2.05) is 0 Å². The van der Waals surface area contributed by atoms with Gasteiger partial charge < -0.3 is 9.80 Å². The summed E-state index contributed by atoms with van der Waals surface area (Å²) in [7, 11) is 1.76. The van der Waals surface area contributed by atoms with E-state index in [4.69, 9.17) is 0 Å². The van der Waals surface area contributed by atoms with Crippen molar-refractivity contribution >= 4 is 27.7 Å². The van der Waals surface area contributed by atoms with E-state index in [1.54, 1.807) is 30.7 Å². The number of rotatable bonds is 1. The first-order valence-corrected chi connectivity index (χ1v) is 5.65. The zero-order chi connectivity index (χ0) is 10.9. The van der Waals surface area contributed by atoms with E-state index >= 15 is 0 Å². The van der Waals surface area contributed by atoms with E-state index < -0.39 is 5.54 Å². The van der Waals surface area contributed by atoms with Gasteiger partial charge in [0, 0.05) is 20.1 Å². The molecule has 1 aliphatic rings. The van der Waals surface area contributed by atoms with E-state index in [2.05, 4.69) is 15.9 Å². The molecular formula is C9H15BrN2O2. The quantitative estimate of drug-likeness (QED) is 0.645. The Morgan fingerprint density at radius 2 is 2.07 bits per heavy atom. The van der Waals surface area contributed by atoms with Crippen molar-refractivity contribution in [2.75, 3.05) is 25.5 Å². The largest absolute Gasteiger partial charge is 0.342 e. The fourth-order valence-electron chi connectivity index (χ4n) is 1.72. The third kappa shape index (κ3) is 1.78. The molecule has 0 aromatic carbocycles. The van der Waals surface area contributed by atoms with E-state index in [0.29, 0.717) is 13.1 Å².